The topological polar surface area (TPSA) is 49.6 Å². The lowest BCUT2D eigenvalue weighted by molar-refractivity contribution is -0.130. The first-order chi connectivity index (χ1) is 9.36. The van der Waals surface area contributed by atoms with Crippen LogP contribution in [0.25, 0.3) is 0 Å². The van der Waals surface area contributed by atoms with E-state index < -0.39 is 0 Å². The minimum absolute atomic E-state index is 0.323. The first kappa shape index (κ1) is 17.4. The van der Waals surface area contributed by atoms with E-state index in [2.05, 4.69) is 44.7 Å². The van der Waals surface area contributed by atoms with Crippen LogP contribution in [0, 0.1) is 17.8 Å². The largest absolute Gasteiger partial charge is 0.341 e. The Labute approximate surface area is 124 Å². The molecule has 0 spiro atoms. The Bertz CT molecular complexity index is 304. The summed E-state index contributed by atoms with van der Waals surface area (Å²) in [6.45, 7) is 9.21. The summed E-state index contributed by atoms with van der Waals surface area (Å²) in [4.78, 5) is 16.7. The molecule has 118 valence electrons. The van der Waals surface area contributed by atoms with Gasteiger partial charge >= 0.3 is 0 Å². The van der Waals surface area contributed by atoms with Crippen molar-refractivity contribution in [2.45, 2.75) is 46.1 Å². The summed E-state index contributed by atoms with van der Waals surface area (Å²) in [6, 6.07) is 0.504. The molecule has 0 saturated carbocycles. The quantitative estimate of drug-likeness (QED) is 0.775. The number of carbonyl (C=O) groups excluding carboxylic acids is 1. The van der Waals surface area contributed by atoms with Crippen LogP contribution in [0.5, 0.6) is 0 Å². The third kappa shape index (κ3) is 4.74. The summed E-state index contributed by atoms with van der Waals surface area (Å²) >= 11 is 0. The number of nitrogens with zero attached hydrogens (tertiary/aromatic N) is 2. The van der Waals surface area contributed by atoms with Crippen LogP contribution in [0.15, 0.2) is 0 Å². The van der Waals surface area contributed by atoms with E-state index in [1.54, 1.807) is 0 Å². The lowest BCUT2D eigenvalue weighted by atomic mass is 9.88. The number of nitrogens with two attached hydrogens (primary N) is 1. The molecule has 3 atom stereocenters. The van der Waals surface area contributed by atoms with E-state index in [1.165, 1.54) is 0 Å². The second kappa shape index (κ2) is 7.99. The molecular formula is C16H33N3O. The molecule has 1 saturated heterocycles. The average Bonchev–Trinajstić information content (AvgIpc) is 2.76. The molecule has 1 aliphatic rings. The molecule has 1 heterocycles. The number of likely N-dealkylation sites (tertiary alicyclic amines) is 1. The Morgan fingerprint density at radius 2 is 1.95 bits per heavy atom. The molecule has 0 aromatic rings. The van der Waals surface area contributed by atoms with Gasteiger partial charge in [0, 0.05) is 25.6 Å². The van der Waals surface area contributed by atoms with Gasteiger partial charge in [-0.3, -0.25) is 4.79 Å². The van der Waals surface area contributed by atoms with Gasteiger partial charge in [0.05, 0.1) is 0 Å². The lowest BCUT2D eigenvalue weighted by Crippen LogP contribution is -2.35. The Morgan fingerprint density at radius 1 is 1.30 bits per heavy atom. The van der Waals surface area contributed by atoms with Crippen molar-refractivity contribution in [2.24, 2.45) is 23.5 Å². The highest BCUT2D eigenvalue weighted by Crippen LogP contribution is 2.24. The van der Waals surface area contributed by atoms with Gasteiger partial charge in [0.1, 0.15) is 0 Å². The molecule has 0 radical (unpaired) electrons. The van der Waals surface area contributed by atoms with Gasteiger partial charge in [-0.2, -0.15) is 0 Å². The van der Waals surface area contributed by atoms with Gasteiger partial charge in [-0.25, -0.2) is 0 Å². The predicted molar refractivity (Wildman–Crippen MR) is 84.5 cm³/mol. The number of amides is 1. The molecule has 1 amide bonds. The van der Waals surface area contributed by atoms with Crippen LogP contribution in [0.2, 0.25) is 0 Å². The summed E-state index contributed by atoms with van der Waals surface area (Å²) in [6.07, 6.45) is 2.68. The summed E-state index contributed by atoms with van der Waals surface area (Å²) < 4.78 is 0. The van der Waals surface area contributed by atoms with E-state index in [1.807, 2.05) is 0 Å². The number of likely N-dealkylation sites (N-methyl/N-ethyl adjacent to an activating group) is 1. The summed E-state index contributed by atoms with van der Waals surface area (Å²) in [7, 11) is 4.20. The zero-order chi connectivity index (χ0) is 15.3. The van der Waals surface area contributed by atoms with E-state index >= 15 is 0 Å². The molecule has 0 aromatic carbocycles. The van der Waals surface area contributed by atoms with Crippen LogP contribution in [0.3, 0.4) is 0 Å². The molecule has 1 fully saturated rings. The van der Waals surface area contributed by atoms with Crippen molar-refractivity contribution >= 4 is 5.91 Å². The van der Waals surface area contributed by atoms with E-state index in [0.717, 1.165) is 32.5 Å². The Hall–Kier alpha value is -0.610. The molecule has 20 heavy (non-hydrogen) atoms. The maximum atomic E-state index is 12.4. The van der Waals surface area contributed by atoms with Gasteiger partial charge < -0.3 is 15.5 Å². The fraction of sp³-hybridized carbons (Fsp3) is 0.938. The second-order valence-electron chi connectivity index (χ2n) is 6.93. The Kier molecular flexibility index (Phi) is 6.96. The monoisotopic (exact) mass is 283 g/mol. The number of hydrogen-bond acceptors (Lipinski definition) is 3. The molecule has 2 N–H and O–H groups in total. The van der Waals surface area contributed by atoms with Crippen molar-refractivity contribution in [1.82, 2.24) is 9.80 Å². The van der Waals surface area contributed by atoms with Crippen molar-refractivity contribution in [3.8, 4) is 0 Å². The number of hydrogen-bond donors (Lipinski definition) is 1. The van der Waals surface area contributed by atoms with Gasteiger partial charge in [-0.1, -0.05) is 20.8 Å². The maximum absolute atomic E-state index is 12.4. The van der Waals surface area contributed by atoms with Crippen LogP contribution < -0.4 is 5.73 Å². The number of carbonyl (C=O) groups is 1. The first-order valence-corrected chi connectivity index (χ1v) is 8.01. The molecule has 4 heteroatoms. The van der Waals surface area contributed by atoms with E-state index in [-0.39, 0.29) is 0 Å². The lowest BCUT2D eigenvalue weighted by Gasteiger charge is -2.23. The van der Waals surface area contributed by atoms with E-state index in [0.29, 0.717) is 36.1 Å². The zero-order valence-corrected chi connectivity index (χ0v) is 13.9. The SMILES string of the molecule is CC(C)C(CCN)CCC(=O)N1CC(C)C(N(C)C)C1. The molecule has 1 rings (SSSR count). The van der Waals surface area contributed by atoms with Crippen LogP contribution in [-0.4, -0.2) is 55.5 Å². The highest BCUT2D eigenvalue weighted by molar-refractivity contribution is 5.76. The summed E-state index contributed by atoms with van der Waals surface area (Å²) in [5.74, 6) is 2.08. The standard InChI is InChI=1S/C16H33N3O/c1-12(2)14(8-9-17)6-7-16(20)19-10-13(3)15(11-19)18(4)5/h12-15H,6-11,17H2,1-5H3. The Balaban J connectivity index is 2.43. The molecule has 0 aliphatic carbocycles. The minimum Gasteiger partial charge on any atom is -0.341 e. The van der Waals surface area contributed by atoms with Gasteiger partial charge in [0.2, 0.25) is 5.91 Å². The molecule has 0 bridgehead atoms. The second-order valence-corrected chi connectivity index (χ2v) is 6.93. The van der Waals surface area contributed by atoms with Crippen LogP contribution in [0.4, 0.5) is 0 Å². The van der Waals surface area contributed by atoms with Gasteiger partial charge in [-0.05, 0) is 51.2 Å². The van der Waals surface area contributed by atoms with E-state index in [9.17, 15) is 4.79 Å². The van der Waals surface area contributed by atoms with Gasteiger partial charge in [0.15, 0.2) is 0 Å². The van der Waals surface area contributed by atoms with E-state index in [4.69, 9.17) is 5.73 Å². The molecule has 3 unspecified atom stereocenters. The highest BCUT2D eigenvalue weighted by Gasteiger charge is 2.33. The molecule has 0 aromatic heterocycles. The van der Waals surface area contributed by atoms with Crippen molar-refractivity contribution in [2.75, 3.05) is 33.7 Å². The van der Waals surface area contributed by atoms with Crippen LogP contribution in [0.1, 0.15) is 40.0 Å². The third-order valence-electron chi connectivity index (χ3n) is 4.80. The van der Waals surface area contributed by atoms with Gasteiger partial charge in [-0.15, -0.1) is 0 Å². The minimum atomic E-state index is 0.323. The van der Waals surface area contributed by atoms with Crippen LogP contribution >= 0.6 is 0 Å². The summed E-state index contributed by atoms with van der Waals surface area (Å²) in [5, 5.41) is 0. The smallest absolute Gasteiger partial charge is 0.222 e. The number of rotatable bonds is 7. The normalized spacial score (nSPS) is 24.7. The molecule has 1 aliphatic heterocycles. The van der Waals surface area contributed by atoms with Crippen LogP contribution in [-0.2, 0) is 4.79 Å². The fourth-order valence-corrected chi connectivity index (χ4v) is 3.32. The maximum Gasteiger partial charge on any atom is 0.222 e. The molecule has 4 nitrogen and oxygen atoms in total. The summed E-state index contributed by atoms with van der Waals surface area (Å²) in [5.41, 5.74) is 5.66. The Morgan fingerprint density at radius 3 is 2.40 bits per heavy atom. The third-order valence-corrected chi connectivity index (χ3v) is 4.80. The van der Waals surface area contributed by atoms with Gasteiger partial charge in [0.25, 0.3) is 0 Å². The van der Waals surface area contributed by atoms with Crippen molar-refractivity contribution < 1.29 is 4.79 Å². The first-order valence-electron chi connectivity index (χ1n) is 8.01. The highest BCUT2D eigenvalue weighted by atomic mass is 16.2. The predicted octanol–water partition coefficient (Wildman–Crippen LogP) is 1.80. The zero-order valence-electron chi connectivity index (χ0n) is 13.9. The van der Waals surface area contributed by atoms with Crippen molar-refractivity contribution in [1.29, 1.82) is 0 Å². The van der Waals surface area contributed by atoms with Crippen molar-refractivity contribution in [3.63, 3.8) is 0 Å². The van der Waals surface area contributed by atoms with Crippen molar-refractivity contribution in [3.05, 3.63) is 0 Å². The fourth-order valence-electron chi connectivity index (χ4n) is 3.32. The average molecular weight is 283 g/mol. The molecular weight excluding hydrogens is 250 g/mol.